The molecule has 3 heterocycles. The van der Waals surface area contributed by atoms with Gasteiger partial charge in [0.1, 0.15) is 5.60 Å². The van der Waals surface area contributed by atoms with Crippen LogP contribution in [0.5, 0.6) is 0 Å². The molecule has 2 aromatic heterocycles. The predicted octanol–water partition coefficient (Wildman–Crippen LogP) is 3.41. The normalized spacial score (nSPS) is 17.8. The number of alkyl halides is 3. The molecule has 4 rings (SSSR count). The van der Waals surface area contributed by atoms with Gasteiger partial charge in [-0.3, -0.25) is 14.8 Å². The molecule has 3 N–H and O–H groups in total. The van der Waals surface area contributed by atoms with Crippen LogP contribution in [0.2, 0.25) is 0 Å². The maximum atomic E-state index is 13.6. The van der Waals surface area contributed by atoms with Crippen molar-refractivity contribution in [1.82, 2.24) is 25.3 Å². The number of hydroxylamine groups is 1. The molecule has 1 aliphatic rings. The highest BCUT2D eigenvalue weighted by molar-refractivity contribution is 5.95. The number of nitrogens with one attached hydrogen (secondary N) is 2. The molecule has 208 valence electrons. The van der Waals surface area contributed by atoms with E-state index in [0.717, 1.165) is 0 Å². The number of ether oxygens (including phenoxy) is 1. The lowest BCUT2D eigenvalue weighted by Crippen LogP contribution is -2.45. The van der Waals surface area contributed by atoms with E-state index >= 15 is 0 Å². The minimum absolute atomic E-state index is 0.0198. The lowest BCUT2D eigenvalue weighted by molar-refractivity contribution is -0.141. The number of carbonyl (C=O) groups excluding carboxylic acids is 3. The highest BCUT2D eigenvalue weighted by Crippen LogP contribution is 2.34. The summed E-state index contributed by atoms with van der Waals surface area (Å²) in [4.78, 5) is 38.9. The summed E-state index contributed by atoms with van der Waals surface area (Å²) in [7, 11) is 0. The first kappa shape index (κ1) is 27.9. The first-order valence-corrected chi connectivity index (χ1v) is 12.1. The second-order valence-corrected chi connectivity index (χ2v) is 10.3. The van der Waals surface area contributed by atoms with Gasteiger partial charge in [0.25, 0.3) is 5.91 Å². The molecule has 0 radical (unpaired) electrons. The van der Waals surface area contributed by atoms with Gasteiger partial charge in [-0.2, -0.15) is 18.3 Å². The zero-order chi connectivity index (χ0) is 28.5. The molecule has 0 spiro atoms. The van der Waals surface area contributed by atoms with Gasteiger partial charge in [-0.05, 0) is 50.6 Å². The van der Waals surface area contributed by atoms with E-state index in [0.29, 0.717) is 11.1 Å². The third-order valence-electron chi connectivity index (χ3n) is 6.24. The molecule has 1 saturated heterocycles. The number of benzene rings is 1. The van der Waals surface area contributed by atoms with Crippen molar-refractivity contribution in [2.75, 3.05) is 13.1 Å². The number of fused-ring (bicyclic) bond motifs is 1. The molecule has 3 amide bonds. The molecule has 3 aromatic rings. The van der Waals surface area contributed by atoms with Gasteiger partial charge in [0, 0.05) is 36.8 Å². The van der Waals surface area contributed by atoms with Crippen LogP contribution in [0, 0.1) is 5.92 Å². The van der Waals surface area contributed by atoms with E-state index in [4.69, 9.17) is 9.94 Å². The molecule has 0 saturated carbocycles. The Balaban J connectivity index is 1.49. The van der Waals surface area contributed by atoms with E-state index in [2.05, 4.69) is 10.4 Å². The molecule has 0 aliphatic carbocycles. The van der Waals surface area contributed by atoms with Crippen molar-refractivity contribution < 1.29 is 37.5 Å². The van der Waals surface area contributed by atoms with Gasteiger partial charge in [0.2, 0.25) is 5.91 Å². The number of aromatic nitrogens is 2. The third kappa shape index (κ3) is 6.30. The lowest BCUT2D eigenvalue weighted by Gasteiger charge is -2.24. The Labute approximate surface area is 221 Å². The fraction of sp³-hybridized carbons (Fsp3) is 0.385. The number of rotatable bonds is 5. The van der Waals surface area contributed by atoms with Crippen LogP contribution in [0.4, 0.5) is 18.0 Å². The van der Waals surface area contributed by atoms with Crippen LogP contribution in [0.3, 0.4) is 0 Å². The number of likely N-dealkylation sites (tertiary alicyclic amines) is 1. The summed E-state index contributed by atoms with van der Waals surface area (Å²) in [5.74, 6) is -2.25. The van der Waals surface area contributed by atoms with Gasteiger partial charge in [-0.15, -0.1) is 0 Å². The van der Waals surface area contributed by atoms with Crippen molar-refractivity contribution in [2.45, 2.75) is 45.0 Å². The highest BCUT2D eigenvalue weighted by atomic mass is 19.4. The second-order valence-electron chi connectivity index (χ2n) is 10.3. The zero-order valence-corrected chi connectivity index (χ0v) is 21.5. The van der Waals surface area contributed by atoms with Crippen LogP contribution >= 0.6 is 0 Å². The smallest absolute Gasteiger partial charge is 0.435 e. The molecule has 39 heavy (non-hydrogen) atoms. The second kappa shape index (κ2) is 10.6. The first-order chi connectivity index (χ1) is 18.3. The quantitative estimate of drug-likeness (QED) is 0.332. The van der Waals surface area contributed by atoms with E-state index in [9.17, 15) is 27.6 Å². The fourth-order valence-electron chi connectivity index (χ4n) is 4.46. The Kier molecular flexibility index (Phi) is 7.55. The maximum Gasteiger partial charge on any atom is 0.435 e. The minimum atomic E-state index is -4.63. The molecular formula is C26H28F3N5O5. The van der Waals surface area contributed by atoms with Crippen LogP contribution < -0.4 is 10.8 Å². The summed E-state index contributed by atoms with van der Waals surface area (Å²) >= 11 is 0. The molecule has 13 heteroatoms. The number of nitrogens with zero attached hydrogens (tertiary/aromatic N) is 3. The Bertz CT molecular complexity index is 1380. The first-order valence-electron chi connectivity index (χ1n) is 12.1. The van der Waals surface area contributed by atoms with E-state index < -0.39 is 47.3 Å². The fourth-order valence-corrected chi connectivity index (χ4v) is 4.46. The highest BCUT2D eigenvalue weighted by Gasteiger charge is 2.42. The van der Waals surface area contributed by atoms with Crippen molar-refractivity contribution in [3.63, 3.8) is 0 Å². The summed E-state index contributed by atoms with van der Waals surface area (Å²) in [5, 5.41) is 15.5. The van der Waals surface area contributed by atoms with Gasteiger partial charge in [0.15, 0.2) is 5.69 Å². The largest absolute Gasteiger partial charge is 0.444 e. The molecule has 0 bridgehead atoms. The summed E-state index contributed by atoms with van der Waals surface area (Å²) in [6.45, 7) is 4.99. The van der Waals surface area contributed by atoms with E-state index in [1.165, 1.54) is 27.7 Å². The third-order valence-corrected chi connectivity index (χ3v) is 6.24. The summed E-state index contributed by atoms with van der Waals surface area (Å²) in [6, 6.07) is 9.97. The van der Waals surface area contributed by atoms with Gasteiger partial charge in [-0.1, -0.05) is 18.2 Å². The van der Waals surface area contributed by atoms with Crippen LogP contribution in [0.1, 0.15) is 48.0 Å². The van der Waals surface area contributed by atoms with E-state index in [-0.39, 0.29) is 30.6 Å². The van der Waals surface area contributed by atoms with Crippen LogP contribution in [-0.4, -0.2) is 62.4 Å². The van der Waals surface area contributed by atoms with E-state index in [1.54, 1.807) is 56.6 Å². The minimum Gasteiger partial charge on any atom is -0.444 e. The Morgan fingerprint density at radius 2 is 1.77 bits per heavy atom. The number of halogens is 3. The summed E-state index contributed by atoms with van der Waals surface area (Å²) in [6.07, 6.45) is -3.91. The van der Waals surface area contributed by atoms with Crippen molar-refractivity contribution in [3.05, 3.63) is 71.0 Å². The van der Waals surface area contributed by atoms with Crippen LogP contribution in [0.25, 0.3) is 5.52 Å². The summed E-state index contributed by atoms with van der Waals surface area (Å²) in [5.41, 5.74) is 0.905. The number of hydrogen-bond acceptors (Lipinski definition) is 6. The van der Waals surface area contributed by atoms with E-state index in [1.807, 2.05) is 0 Å². The van der Waals surface area contributed by atoms with Crippen LogP contribution in [0.15, 0.2) is 48.7 Å². The number of hydrogen-bond donors (Lipinski definition) is 3. The Hall–Kier alpha value is -4.13. The van der Waals surface area contributed by atoms with Crippen LogP contribution in [-0.2, 0) is 22.1 Å². The number of pyridine rings is 1. The Morgan fingerprint density at radius 3 is 2.38 bits per heavy atom. The van der Waals surface area contributed by atoms with Gasteiger partial charge in [-0.25, -0.2) is 14.8 Å². The van der Waals surface area contributed by atoms with Gasteiger partial charge in [0.05, 0.1) is 17.5 Å². The number of amides is 3. The molecular weight excluding hydrogens is 519 g/mol. The standard InChI is InChI=1S/C26H28F3N5O5/c1-25(2,3)39-24(37)33-13-18(23(36)32-38)19(14-33)30-22(35)16-9-7-15(8-10-16)12-17-20-6-4-5-11-34(20)31-21(17)26(27,28)29/h4-11,18-19,38H,12-14H2,1-3H3,(H,30,35)(H,32,36)/t18-,19+/m0/s1. The molecule has 1 aliphatic heterocycles. The maximum absolute atomic E-state index is 13.6. The van der Waals surface area contributed by atoms with Crippen molar-refractivity contribution in [1.29, 1.82) is 0 Å². The molecule has 10 nitrogen and oxygen atoms in total. The van der Waals surface area contributed by atoms with Gasteiger partial charge >= 0.3 is 12.3 Å². The topological polar surface area (TPSA) is 125 Å². The van der Waals surface area contributed by atoms with Gasteiger partial charge < -0.3 is 15.0 Å². The predicted molar refractivity (Wildman–Crippen MR) is 132 cm³/mol. The lowest BCUT2D eigenvalue weighted by atomic mass is 10.0. The van der Waals surface area contributed by atoms with Crippen molar-refractivity contribution in [2.24, 2.45) is 5.92 Å². The molecule has 1 aromatic carbocycles. The monoisotopic (exact) mass is 547 g/mol. The Morgan fingerprint density at radius 1 is 1.08 bits per heavy atom. The molecule has 1 fully saturated rings. The average Bonchev–Trinajstić information content (AvgIpc) is 3.45. The zero-order valence-electron chi connectivity index (χ0n) is 21.5. The molecule has 2 atom stereocenters. The number of carbonyl (C=O) groups is 3. The van der Waals surface area contributed by atoms with Crippen molar-refractivity contribution in [3.8, 4) is 0 Å². The molecule has 0 unspecified atom stereocenters. The SMILES string of the molecule is CC(C)(C)OC(=O)N1C[C@H](C(=O)NO)[C@H](NC(=O)c2ccc(Cc3c(C(F)(F)F)nn4ccccc34)cc2)C1. The van der Waals surface area contributed by atoms with Crippen molar-refractivity contribution >= 4 is 23.4 Å². The average molecular weight is 548 g/mol. The summed E-state index contributed by atoms with van der Waals surface area (Å²) < 4.78 is 47.4.